The van der Waals surface area contributed by atoms with E-state index in [1.807, 2.05) is 35.9 Å². The number of methoxy groups -OCH3 is 1. The van der Waals surface area contributed by atoms with Crippen LogP contribution in [0.4, 0.5) is 0 Å². The van der Waals surface area contributed by atoms with Crippen LogP contribution >= 0.6 is 0 Å². The van der Waals surface area contributed by atoms with Gasteiger partial charge < -0.3 is 14.2 Å². The molecule has 1 heterocycles. The first-order valence-corrected chi connectivity index (χ1v) is 9.03. The highest BCUT2D eigenvalue weighted by Crippen LogP contribution is 2.19. The van der Waals surface area contributed by atoms with Crippen molar-refractivity contribution < 1.29 is 14.2 Å². The molecule has 0 amide bonds. The molecule has 6 heteroatoms. The smallest absolute Gasteiger partial charge is 0.188 e. The average Bonchev–Trinajstić information content (AvgIpc) is 3.02. The molecule has 0 bridgehead atoms. The number of ether oxygens (including phenoxy) is 3. The van der Waals surface area contributed by atoms with Gasteiger partial charge in [0.05, 0.1) is 20.3 Å². The van der Waals surface area contributed by atoms with Gasteiger partial charge in [0.2, 0.25) is 0 Å². The highest BCUT2D eigenvalue weighted by atomic mass is 16.5. The molecular formula is C20H29N3O3. The fourth-order valence-corrected chi connectivity index (χ4v) is 2.48. The van der Waals surface area contributed by atoms with Crippen molar-refractivity contribution >= 4 is 0 Å². The maximum atomic E-state index is 5.81. The fourth-order valence-electron chi connectivity index (χ4n) is 2.48. The minimum Gasteiger partial charge on any atom is -0.497 e. The second-order valence-electron chi connectivity index (χ2n) is 6.15. The van der Waals surface area contributed by atoms with Gasteiger partial charge in [-0.1, -0.05) is 17.7 Å². The van der Waals surface area contributed by atoms with Gasteiger partial charge in [0.1, 0.15) is 23.9 Å². The van der Waals surface area contributed by atoms with E-state index in [2.05, 4.69) is 30.0 Å². The van der Waals surface area contributed by atoms with E-state index in [9.17, 15) is 0 Å². The Bertz CT molecular complexity index is 706. The Balaban J connectivity index is 2.02. The van der Waals surface area contributed by atoms with Crippen molar-refractivity contribution in [2.45, 2.75) is 46.8 Å². The van der Waals surface area contributed by atoms with Gasteiger partial charge in [-0.25, -0.2) is 9.67 Å². The van der Waals surface area contributed by atoms with Crippen LogP contribution in [0, 0.1) is 0 Å². The third-order valence-corrected chi connectivity index (χ3v) is 3.77. The third kappa shape index (κ3) is 6.52. The molecule has 0 aliphatic carbocycles. The van der Waals surface area contributed by atoms with Gasteiger partial charge in [0, 0.05) is 19.1 Å². The molecule has 0 saturated carbocycles. The molecule has 0 unspecified atom stereocenters. The third-order valence-electron chi connectivity index (χ3n) is 3.77. The molecule has 142 valence electrons. The molecule has 2 rings (SSSR count). The summed E-state index contributed by atoms with van der Waals surface area (Å²) in [6.45, 7) is 8.55. The summed E-state index contributed by atoms with van der Waals surface area (Å²) >= 11 is 0. The molecule has 2 aromatic rings. The molecule has 0 aliphatic rings. The van der Waals surface area contributed by atoms with Crippen molar-refractivity contribution in [3.63, 3.8) is 0 Å². The lowest BCUT2D eigenvalue weighted by molar-refractivity contribution is 0.135. The Morgan fingerprint density at radius 2 is 2.04 bits per heavy atom. The minimum absolute atomic E-state index is 0.324. The van der Waals surface area contributed by atoms with E-state index in [4.69, 9.17) is 14.2 Å². The van der Waals surface area contributed by atoms with Crippen molar-refractivity contribution in [3.05, 3.63) is 47.6 Å². The first kappa shape index (κ1) is 20.0. The van der Waals surface area contributed by atoms with Gasteiger partial charge in [-0.2, -0.15) is 5.10 Å². The number of hydrogen-bond acceptors (Lipinski definition) is 5. The highest BCUT2D eigenvalue weighted by Gasteiger charge is 2.10. The quantitative estimate of drug-likeness (QED) is 0.451. The zero-order chi connectivity index (χ0) is 18.8. The lowest BCUT2D eigenvalue weighted by Crippen LogP contribution is -2.11. The molecule has 0 saturated heterocycles. The van der Waals surface area contributed by atoms with E-state index in [1.54, 1.807) is 7.11 Å². The van der Waals surface area contributed by atoms with E-state index in [-0.39, 0.29) is 0 Å². The molecular weight excluding hydrogens is 330 g/mol. The topological polar surface area (TPSA) is 58.4 Å². The van der Waals surface area contributed by atoms with Gasteiger partial charge >= 0.3 is 0 Å². The number of rotatable bonds is 11. The molecule has 0 atom stereocenters. The molecule has 26 heavy (non-hydrogen) atoms. The summed E-state index contributed by atoms with van der Waals surface area (Å²) in [5.74, 6) is 3.14. The predicted octanol–water partition coefficient (Wildman–Crippen LogP) is 3.80. The van der Waals surface area contributed by atoms with Crippen molar-refractivity contribution in [1.29, 1.82) is 0 Å². The summed E-state index contributed by atoms with van der Waals surface area (Å²) in [5, 5.41) is 4.59. The van der Waals surface area contributed by atoms with Gasteiger partial charge in [-0.15, -0.1) is 0 Å². The number of nitrogens with zero attached hydrogens (tertiary/aromatic N) is 3. The van der Waals surface area contributed by atoms with Crippen LogP contribution in [0.15, 0.2) is 35.9 Å². The number of aromatic nitrogens is 3. The lowest BCUT2D eigenvalue weighted by atomic mass is 10.2. The summed E-state index contributed by atoms with van der Waals surface area (Å²) in [4.78, 5) is 4.65. The van der Waals surface area contributed by atoms with Crippen molar-refractivity contribution in [1.82, 2.24) is 14.8 Å². The van der Waals surface area contributed by atoms with Crippen LogP contribution < -0.4 is 9.47 Å². The number of hydrogen-bond donors (Lipinski definition) is 0. The lowest BCUT2D eigenvalue weighted by Gasteiger charge is -2.05. The zero-order valence-electron chi connectivity index (χ0n) is 16.2. The fraction of sp³-hybridized carbons (Fsp3) is 0.500. The van der Waals surface area contributed by atoms with Crippen molar-refractivity contribution in [3.8, 4) is 11.5 Å². The Labute approximate surface area is 155 Å². The normalized spacial score (nSPS) is 10.6. The second-order valence-corrected chi connectivity index (χ2v) is 6.15. The Morgan fingerprint density at radius 3 is 2.77 bits per heavy atom. The van der Waals surface area contributed by atoms with Gasteiger partial charge in [0.15, 0.2) is 5.82 Å². The van der Waals surface area contributed by atoms with E-state index >= 15 is 0 Å². The molecule has 0 radical (unpaired) electrons. The van der Waals surface area contributed by atoms with Gasteiger partial charge in [-0.05, 0) is 39.3 Å². The first-order valence-electron chi connectivity index (χ1n) is 9.03. The molecule has 1 aromatic carbocycles. The van der Waals surface area contributed by atoms with Crippen LogP contribution in [0.2, 0.25) is 0 Å². The Morgan fingerprint density at radius 1 is 1.23 bits per heavy atom. The largest absolute Gasteiger partial charge is 0.497 e. The first-order chi connectivity index (χ1) is 12.6. The van der Waals surface area contributed by atoms with Crippen LogP contribution in [-0.2, 0) is 24.3 Å². The Hall–Kier alpha value is -2.34. The van der Waals surface area contributed by atoms with E-state index < -0.39 is 0 Å². The van der Waals surface area contributed by atoms with Gasteiger partial charge in [-0.3, -0.25) is 0 Å². The SMILES string of the molecule is CCOCCn1nc(COc2cccc(OC)c2)nc1CCC=C(C)C. The number of allylic oxidation sites excluding steroid dienone is 2. The number of aryl methyl sites for hydroxylation is 1. The summed E-state index contributed by atoms with van der Waals surface area (Å²) in [5.41, 5.74) is 1.31. The highest BCUT2D eigenvalue weighted by molar-refractivity contribution is 5.32. The van der Waals surface area contributed by atoms with E-state index in [0.717, 1.165) is 30.2 Å². The van der Waals surface area contributed by atoms with Crippen LogP contribution in [0.25, 0.3) is 0 Å². The summed E-state index contributed by atoms with van der Waals surface area (Å²) in [7, 11) is 1.64. The summed E-state index contributed by atoms with van der Waals surface area (Å²) in [6, 6.07) is 7.52. The summed E-state index contributed by atoms with van der Waals surface area (Å²) in [6.07, 6.45) is 4.02. The summed E-state index contributed by atoms with van der Waals surface area (Å²) < 4.78 is 18.4. The zero-order valence-corrected chi connectivity index (χ0v) is 16.2. The Kier molecular flexibility index (Phi) is 8.15. The molecule has 0 N–H and O–H groups in total. The average molecular weight is 359 g/mol. The van der Waals surface area contributed by atoms with Crippen molar-refractivity contribution in [2.75, 3.05) is 20.3 Å². The maximum Gasteiger partial charge on any atom is 0.188 e. The molecule has 0 aliphatic heterocycles. The minimum atomic E-state index is 0.324. The van der Waals surface area contributed by atoms with Crippen LogP contribution in [-0.4, -0.2) is 35.1 Å². The van der Waals surface area contributed by atoms with Crippen LogP contribution in [0.1, 0.15) is 38.8 Å². The van der Waals surface area contributed by atoms with Crippen LogP contribution in [0.5, 0.6) is 11.5 Å². The molecule has 6 nitrogen and oxygen atoms in total. The molecule has 0 spiro atoms. The van der Waals surface area contributed by atoms with E-state index in [0.29, 0.717) is 32.2 Å². The molecule has 1 aromatic heterocycles. The molecule has 0 fully saturated rings. The number of benzene rings is 1. The maximum absolute atomic E-state index is 5.81. The second kappa shape index (κ2) is 10.6. The monoisotopic (exact) mass is 359 g/mol. The van der Waals surface area contributed by atoms with E-state index in [1.165, 1.54) is 5.57 Å². The van der Waals surface area contributed by atoms with Crippen molar-refractivity contribution in [2.24, 2.45) is 0 Å². The standard InChI is InChI=1S/C20H29N3O3/c1-5-25-13-12-23-20(11-6-8-16(2)3)21-19(22-23)15-26-18-10-7-9-17(14-18)24-4/h7-10,14H,5-6,11-13,15H2,1-4H3. The van der Waals surface area contributed by atoms with Crippen LogP contribution in [0.3, 0.4) is 0 Å². The predicted molar refractivity (Wildman–Crippen MR) is 102 cm³/mol. The van der Waals surface area contributed by atoms with Gasteiger partial charge in [0.25, 0.3) is 0 Å².